The fourth-order valence-corrected chi connectivity index (χ4v) is 2.91. The van der Waals surface area contributed by atoms with Gasteiger partial charge in [-0.05, 0) is 48.5 Å². The molecule has 90 valence electrons. The Bertz CT molecular complexity index is 329. The van der Waals surface area contributed by atoms with E-state index in [2.05, 4.69) is 19.6 Å². The average molecular weight is 262 g/mol. The van der Waals surface area contributed by atoms with Gasteiger partial charge in [0.25, 0.3) is 0 Å². The maximum Gasteiger partial charge on any atom is 0.136 e. The zero-order valence-electron chi connectivity index (χ0n) is 9.25. The molecule has 0 bridgehead atoms. The van der Waals surface area contributed by atoms with Crippen LogP contribution in [0.25, 0.3) is 0 Å². The van der Waals surface area contributed by atoms with Gasteiger partial charge in [0.15, 0.2) is 0 Å². The Morgan fingerprint density at radius 2 is 2.06 bits per heavy atom. The van der Waals surface area contributed by atoms with Crippen LogP contribution in [-0.2, 0) is 0 Å². The van der Waals surface area contributed by atoms with Gasteiger partial charge >= 0.3 is 0 Å². The highest BCUT2D eigenvalue weighted by Gasteiger charge is 2.06. The Labute approximate surface area is 105 Å². The van der Waals surface area contributed by atoms with Crippen LogP contribution >= 0.6 is 24.4 Å². The van der Waals surface area contributed by atoms with E-state index in [1.807, 2.05) is 0 Å². The molecule has 4 heteroatoms. The summed E-state index contributed by atoms with van der Waals surface area (Å²) in [7, 11) is 0. The van der Waals surface area contributed by atoms with Gasteiger partial charge in [-0.2, -0.15) is 12.6 Å². The van der Waals surface area contributed by atoms with Crippen molar-refractivity contribution in [1.82, 2.24) is 0 Å². The lowest BCUT2D eigenvalue weighted by Gasteiger charge is -2.09. The molecule has 0 heterocycles. The van der Waals surface area contributed by atoms with Crippen molar-refractivity contribution in [3.63, 3.8) is 0 Å². The summed E-state index contributed by atoms with van der Waals surface area (Å²) in [6.07, 6.45) is 2.07. The normalized spacial score (nSPS) is 12.8. The summed E-state index contributed by atoms with van der Waals surface area (Å²) in [6.45, 7) is 2.15. The monoisotopic (exact) mass is 262 g/mol. The zero-order valence-corrected chi connectivity index (χ0v) is 11.0. The molecular formula is C12H16F2S2. The number of thiol groups is 1. The molecule has 0 radical (unpaired) electrons. The van der Waals surface area contributed by atoms with Gasteiger partial charge in [-0.3, -0.25) is 0 Å². The minimum atomic E-state index is -0.382. The van der Waals surface area contributed by atoms with Gasteiger partial charge in [0.05, 0.1) is 0 Å². The Kier molecular flexibility index (Phi) is 6.21. The van der Waals surface area contributed by atoms with Crippen LogP contribution in [0.4, 0.5) is 8.78 Å². The zero-order chi connectivity index (χ0) is 12.0. The summed E-state index contributed by atoms with van der Waals surface area (Å²) in [6, 6.07) is 3.57. The fraction of sp³-hybridized carbons (Fsp3) is 0.500. The van der Waals surface area contributed by atoms with E-state index in [0.29, 0.717) is 10.8 Å². The van der Waals surface area contributed by atoms with Gasteiger partial charge in [-0.1, -0.05) is 6.92 Å². The maximum atomic E-state index is 13.2. The third-order valence-corrected chi connectivity index (χ3v) is 3.71. The number of halogens is 2. The van der Waals surface area contributed by atoms with Crippen LogP contribution in [0, 0.1) is 17.6 Å². The van der Waals surface area contributed by atoms with Crippen LogP contribution in [-0.4, -0.2) is 11.5 Å². The molecule has 1 rings (SSSR count). The van der Waals surface area contributed by atoms with Crippen molar-refractivity contribution < 1.29 is 8.78 Å². The van der Waals surface area contributed by atoms with Crippen molar-refractivity contribution >= 4 is 24.4 Å². The van der Waals surface area contributed by atoms with E-state index >= 15 is 0 Å². The van der Waals surface area contributed by atoms with Gasteiger partial charge < -0.3 is 0 Å². The minimum Gasteiger partial charge on any atom is -0.207 e. The number of hydrogen-bond donors (Lipinski definition) is 1. The third-order valence-electron chi connectivity index (χ3n) is 2.38. The van der Waals surface area contributed by atoms with Crippen LogP contribution in [0.2, 0.25) is 0 Å². The molecule has 1 atom stereocenters. The molecule has 0 amide bonds. The summed E-state index contributed by atoms with van der Waals surface area (Å²) >= 11 is 5.54. The SMILES string of the molecule is CC(CCS)CCSc1cc(F)ccc1F. The van der Waals surface area contributed by atoms with E-state index in [4.69, 9.17) is 0 Å². The largest absolute Gasteiger partial charge is 0.207 e. The predicted octanol–water partition coefficient (Wildman–Crippen LogP) is 4.40. The Morgan fingerprint density at radius 3 is 2.75 bits per heavy atom. The van der Waals surface area contributed by atoms with Crippen molar-refractivity contribution in [2.75, 3.05) is 11.5 Å². The molecule has 0 N–H and O–H groups in total. The predicted molar refractivity (Wildman–Crippen MR) is 69.3 cm³/mol. The molecule has 0 aliphatic rings. The highest BCUT2D eigenvalue weighted by atomic mass is 32.2. The quantitative estimate of drug-likeness (QED) is 0.585. The number of benzene rings is 1. The first-order valence-electron chi connectivity index (χ1n) is 5.32. The number of rotatable bonds is 6. The summed E-state index contributed by atoms with van der Waals surface area (Å²) in [5, 5.41) is 0. The van der Waals surface area contributed by atoms with Crippen LogP contribution in [0.1, 0.15) is 19.8 Å². The lowest BCUT2D eigenvalue weighted by Crippen LogP contribution is -1.97. The van der Waals surface area contributed by atoms with E-state index < -0.39 is 0 Å². The molecule has 1 unspecified atom stereocenters. The molecule has 0 aliphatic carbocycles. The molecule has 0 nitrogen and oxygen atoms in total. The summed E-state index contributed by atoms with van der Waals surface area (Å²) in [5.41, 5.74) is 0. The molecular weight excluding hydrogens is 246 g/mol. The average Bonchev–Trinajstić information content (AvgIpc) is 2.23. The first kappa shape index (κ1) is 13.8. The second-order valence-electron chi connectivity index (χ2n) is 3.83. The van der Waals surface area contributed by atoms with Crippen molar-refractivity contribution in [3.05, 3.63) is 29.8 Å². The van der Waals surface area contributed by atoms with Crippen molar-refractivity contribution in [3.8, 4) is 0 Å². The number of thioether (sulfide) groups is 1. The Balaban J connectivity index is 2.39. The van der Waals surface area contributed by atoms with E-state index in [1.54, 1.807) is 0 Å². The summed E-state index contributed by atoms with van der Waals surface area (Å²) in [4.78, 5) is 0.401. The lowest BCUT2D eigenvalue weighted by atomic mass is 10.1. The topological polar surface area (TPSA) is 0 Å². The standard InChI is InChI=1S/C12H16F2S2/c1-9(4-6-15)5-7-16-12-8-10(13)2-3-11(12)14/h2-3,8-9,15H,4-7H2,1H3. The van der Waals surface area contributed by atoms with Gasteiger partial charge in [-0.25, -0.2) is 8.78 Å². The van der Waals surface area contributed by atoms with Gasteiger partial charge in [0.1, 0.15) is 11.6 Å². The third kappa shape index (κ3) is 4.74. The summed E-state index contributed by atoms with van der Waals surface area (Å²) < 4.78 is 26.1. The maximum absolute atomic E-state index is 13.2. The first-order chi connectivity index (χ1) is 7.63. The number of hydrogen-bond acceptors (Lipinski definition) is 2. The van der Waals surface area contributed by atoms with Crippen LogP contribution in [0.3, 0.4) is 0 Å². The molecule has 16 heavy (non-hydrogen) atoms. The molecule has 0 spiro atoms. The minimum absolute atomic E-state index is 0.340. The van der Waals surface area contributed by atoms with Gasteiger partial charge in [-0.15, -0.1) is 11.8 Å². The molecule has 1 aromatic rings. The second-order valence-corrected chi connectivity index (χ2v) is 5.41. The van der Waals surface area contributed by atoms with Crippen LogP contribution in [0.15, 0.2) is 23.1 Å². The molecule has 0 saturated carbocycles. The van der Waals surface area contributed by atoms with Crippen LogP contribution in [0.5, 0.6) is 0 Å². The summed E-state index contributed by atoms with van der Waals surface area (Å²) in [5.74, 6) is 1.55. The van der Waals surface area contributed by atoms with Gasteiger partial charge in [0.2, 0.25) is 0 Å². The molecule has 1 aromatic carbocycles. The van der Waals surface area contributed by atoms with E-state index in [-0.39, 0.29) is 11.6 Å². The molecule has 0 aromatic heterocycles. The highest BCUT2D eigenvalue weighted by molar-refractivity contribution is 7.99. The molecule has 0 aliphatic heterocycles. The second kappa shape index (κ2) is 7.17. The van der Waals surface area contributed by atoms with Crippen molar-refractivity contribution in [2.45, 2.75) is 24.7 Å². The van der Waals surface area contributed by atoms with E-state index in [9.17, 15) is 8.78 Å². The Hall–Kier alpha value is -0.220. The first-order valence-corrected chi connectivity index (χ1v) is 6.94. The molecule has 0 fully saturated rings. The van der Waals surface area contributed by atoms with Crippen LogP contribution < -0.4 is 0 Å². The fourth-order valence-electron chi connectivity index (χ4n) is 1.32. The van der Waals surface area contributed by atoms with Crippen molar-refractivity contribution in [2.24, 2.45) is 5.92 Å². The van der Waals surface area contributed by atoms with Gasteiger partial charge in [0, 0.05) is 4.90 Å². The Morgan fingerprint density at radius 1 is 1.31 bits per heavy atom. The molecule has 0 saturated heterocycles. The highest BCUT2D eigenvalue weighted by Crippen LogP contribution is 2.25. The van der Waals surface area contributed by atoms with E-state index in [0.717, 1.165) is 30.4 Å². The van der Waals surface area contributed by atoms with Crippen molar-refractivity contribution in [1.29, 1.82) is 0 Å². The smallest absolute Gasteiger partial charge is 0.136 e. The van der Waals surface area contributed by atoms with E-state index in [1.165, 1.54) is 23.9 Å². The lowest BCUT2D eigenvalue weighted by molar-refractivity contribution is 0.552.